The van der Waals surface area contributed by atoms with Crippen LogP contribution in [-0.4, -0.2) is 35.8 Å². The first-order chi connectivity index (χ1) is 17.2. The lowest BCUT2D eigenvalue weighted by atomic mass is 10.0. The number of aryl methyl sites for hydroxylation is 2. The third-order valence-corrected chi connectivity index (χ3v) is 7.09. The molecule has 1 amide bonds. The number of sulfonamides is 1. The molecule has 0 spiro atoms. The number of aromatic nitrogens is 2. The van der Waals surface area contributed by atoms with Crippen molar-refractivity contribution in [3.05, 3.63) is 84.0 Å². The van der Waals surface area contributed by atoms with Gasteiger partial charge in [-0.1, -0.05) is 81.1 Å². The Bertz CT molecular complexity index is 1360. The Kier molecular flexibility index (Phi) is 9.11. The topological polar surface area (TPSA) is 107 Å². The van der Waals surface area contributed by atoms with E-state index in [1.165, 1.54) is 12.1 Å². The Morgan fingerprint density at radius 2 is 1.86 bits per heavy atom. The van der Waals surface area contributed by atoms with Crippen LogP contribution in [0.4, 0.5) is 4.79 Å². The number of unbranched alkanes of at least 4 members (excludes halogenated alkanes) is 1. The van der Waals surface area contributed by atoms with Crippen LogP contribution in [0.15, 0.2) is 66.1 Å². The number of thiol groups is 1. The third-order valence-electron chi connectivity index (χ3n) is 5.51. The number of amides is 1. The van der Waals surface area contributed by atoms with E-state index < -0.39 is 16.1 Å². The highest BCUT2D eigenvalue weighted by molar-refractivity contribution is 7.97. The predicted molar refractivity (Wildman–Crippen MR) is 142 cm³/mol. The summed E-state index contributed by atoms with van der Waals surface area (Å²) < 4.78 is 34.3. The molecule has 1 aromatic heterocycles. The normalized spacial score (nSPS) is 11.2. The van der Waals surface area contributed by atoms with Crippen LogP contribution in [0.3, 0.4) is 0 Å². The standard InChI is InChI=1S/C26H29N3O5S2/c1-4-6-11-23-27-18(3)24(25(30)35)29(23)17-19-12-14-20(15-13-19)21-9-7-8-10-22(21)36(32,33)28-26(31)34-16-5-2/h5,7-10,12-15H,2,4,6,11,16-17H2,1,3H3,(H,28,31)(H,30,35). The summed E-state index contributed by atoms with van der Waals surface area (Å²) in [5.41, 5.74) is 3.12. The van der Waals surface area contributed by atoms with Gasteiger partial charge in [0.2, 0.25) is 5.12 Å². The molecule has 0 aliphatic rings. The lowest BCUT2D eigenvalue weighted by molar-refractivity contribution is 0.108. The van der Waals surface area contributed by atoms with Gasteiger partial charge in [-0.3, -0.25) is 4.79 Å². The number of imidazole rings is 1. The minimum absolute atomic E-state index is 0.0525. The molecule has 0 radical (unpaired) electrons. The monoisotopic (exact) mass is 527 g/mol. The van der Waals surface area contributed by atoms with Crippen molar-refractivity contribution >= 4 is 33.9 Å². The highest BCUT2D eigenvalue weighted by Crippen LogP contribution is 2.28. The Morgan fingerprint density at radius 1 is 1.17 bits per heavy atom. The molecule has 0 unspecified atom stereocenters. The van der Waals surface area contributed by atoms with Gasteiger partial charge < -0.3 is 9.30 Å². The van der Waals surface area contributed by atoms with E-state index in [1.54, 1.807) is 37.3 Å². The summed E-state index contributed by atoms with van der Waals surface area (Å²) in [7, 11) is -4.17. The van der Waals surface area contributed by atoms with E-state index in [0.717, 1.165) is 30.7 Å². The van der Waals surface area contributed by atoms with E-state index in [0.29, 0.717) is 29.1 Å². The lowest BCUT2D eigenvalue weighted by Crippen LogP contribution is -2.31. The van der Waals surface area contributed by atoms with Crippen LogP contribution < -0.4 is 4.72 Å². The molecule has 8 nitrogen and oxygen atoms in total. The van der Waals surface area contributed by atoms with Crippen molar-refractivity contribution in [3.63, 3.8) is 0 Å². The molecule has 0 bridgehead atoms. The largest absolute Gasteiger partial charge is 0.445 e. The van der Waals surface area contributed by atoms with Crippen LogP contribution in [0.1, 0.15) is 47.3 Å². The number of benzene rings is 2. The van der Waals surface area contributed by atoms with Gasteiger partial charge in [0.05, 0.1) is 10.6 Å². The molecule has 190 valence electrons. The number of ether oxygens (including phenoxy) is 1. The fourth-order valence-corrected chi connectivity index (χ4v) is 5.24. The SMILES string of the molecule is C=CCOC(=O)NS(=O)(=O)c1ccccc1-c1ccc(Cn2c(CCCC)nc(C)c2C(=O)S)cc1. The van der Waals surface area contributed by atoms with Crippen LogP contribution in [0.25, 0.3) is 11.1 Å². The molecule has 0 aliphatic carbocycles. The van der Waals surface area contributed by atoms with Crippen LogP contribution in [-0.2, 0) is 27.7 Å². The fourth-order valence-electron chi connectivity index (χ4n) is 3.84. The molecule has 36 heavy (non-hydrogen) atoms. The van der Waals surface area contributed by atoms with Crippen molar-refractivity contribution < 1.29 is 22.7 Å². The molecule has 1 heterocycles. The maximum Gasteiger partial charge on any atom is 0.421 e. The quantitative estimate of drug-likeness (QED) is 0.271. The number of nitrogens with zero attached hydrogens (tertiary/aromatic N) is 2. The van der Waals surface area contributed by atoms with Crippen LogP contribution in [0, 0.1) is 6.92 Å². The molecule has 0 aliphatic heterocycles. The minimum atomic E-state index is -4.17. The molecular weight excluding hydrogens is 498 g/mol. The van der Waals surface area contributed by atoms with Crippen molar-refractivity contribution in [2.75, 3.05) is 6.61 Å². The third kappa shape index (κ3) is 6.44. The number of carbonyl (C=O) groups excluding carboxylic acids is 2. The van der Waals surface area contributed by atoms with Crippen LogP contribution >= 0.6 is 12.6 Å². The molecule has 0 saturated heterocycles. The Labute approximate surface area is 216 Å². The minimum Gasteiger partial charge on any atom is -0.445 e. The second kappa shape index (κ2) is 12.0. The summed E-state index contributed by atoms with van der Waals surface area (Å²) in [6, 6.07) is 13.7. The van der Waals surface area contributed by atoms with Gasteiger partial charge in [0.1, 0.15) is 18.1 Å². The zero-order chi connectivity index (χ0) is 26.3. The van der Waals surface area contributed by atoms with Gasteiger partial charge in [-0.2, -0.15) is 0 Å². The summed E-state index contributed by atoms with van der Waals surface area (Å²) in [5.74, 6) is 0.835. The van der Waals surface area contributed by atoms with E-state index in [9.17, 15) is 18.0 Å². The molecule has 2 aromatic carbocycles. The van der Waals surface area contributed by atoms with Gasteiger partial charge in [0.15, 0.2) is 0 Å². The van der Waals surface area contributed by atoms with Crippen molar-refractivity contribution in [1.29, 1.82) is 0 Å². The summed E-state index contributed by atoms with van der Waals surface area (Å²) in [4.78, 5) is 28.5. The highest BCUT2D eigenvalue weighted by atomic mass is 32.2. The lowest BCUT2D eigenvalue weighted by Gasteiger charge is -2.13. The summed E-state index contributed by atoms with van der Waals surface area (Å²) in [5, 5.41) is -0.336. The first-order valence-corrected chi connectivity index (χ1v) is 13.4. The zero-order valence-corrected chi connectivity index (χ0v) is 21.9. The number of nitrogens with one attached hydrogen (secondary N) is 1. The van der Waals surface area contributed by atoms with Crippen molar-refractivity contribution in [2.45, 2.75) is 44.6 Å². The number of hydrogen-bond acceptors (Lipinski definition) is 6. The number of rotatable bonds is 11. The van der Waals surface area contributed by atoms with Gasteiger partial charge >= 0.3 is 6.09 Å². The smallest absolute Gasteiger partial charge is 0.421 e. The Balaban J connectivity index is 1.90. The van der Waals surface area contributed by atoms with Gasteiger partial charge in [-0.25, -0.2) is 22.9 Å². The zero-order valence-electron chi connectivity index (χ0n) is 20.2. The van der Waals surface area contributed by atoms with Gasteiger partial charge in [0, 0.05) is 18.5 Å². The van der Waals surface area contributed by atoms with E-state index in [1.807, 2.05) is 21.4 Å². The van der Waals surface area contributed by atoms with Gasteiger partial charge in [-0.05, 0) is 30.5 Å². The maximum absolute atomic E-state index is 12.8. The van der Waals surface area contributed by atoms with Crippen LogP contribution in [0.5, 0.6) is 0 Å². The molecule has 1 N–H and O–H groups in total. The second-order valence-corrected chi connectivity index (χ2v) is 10.2. The van der Waals surface area contributed by atoms with Crippen molar-refractivity contribution in [2.24, 2.45) is 0 Å². The molecular formula is C26H29N3O5S2. The molecule has 0 atom stereocenters. The Hall–Kier alpha value is -3.37. The second-order valence-electron chi connectivity index (χ2n) is 8.14. The average Bonchev–Trinajstić information content (AvgIpc) is 3.16. The Morgan fingerprint density at radius 3 is 2.50 bits per heavy atom. The van der Waals surface area contributed by atoms with E-state index in [4.69, 9.17) is 4.74 Å². The molecule has 0 fully saturated rings. The predicted octanol–water partition coefficient (Wildman–Crippen LogP) is 4.92. The summed E-state index contributed by atoms with van der Waals surface area (Å²) in [6.07, 6.45) is 2.98. The highest BCUT2D eigenvalue weighted by Gasteiger charge is 2.23. The number of hydrogen-bond donors (Lipinski definition) is 2. The summed E-state index contributed by atoms with van der Waals surface area (Å²) in [6.45, 7) is 7.65. The summed E-state index contributed by atoms with van der Waals surface area (Å²) >= 11 is 4.04. The van der Waals surface area contributed by atoms with Crippen molar-refractivity contribution in [1.82, 2.24) is 14.3 Å². The number of carbonyl (C=O) groups is 2. The first kappa shape index (κ1) is 27.2. The molecule has 3 aromatic rings. The fraction of sp³-hybridized carbons (Fsp3) is 0.269. The maximum atomic E-state index is 12.8. The van der Waals surface area contributed by atoms with Crippen LogP contribution in [0.2, 0.25) is 0 Å². The molecule has 3 rings (SSSR count). The molecule has 10 heteroatoms. The van der Waals surface area contributed by atoms with E-state index in [2.05, 4.69) is 31.1 Å². The van der Waals surface area contributed by atoms with Gasteiger partial charge in [-0.15, -0.1) is 0 Å². The van der Waals surface area contributed by atoms with Gasteiger partial charge in [0.25, 0.3) is 10.0 Å². The van der Waals surface area contributed by atoms with E-state index >= 15 is 0 Å². The average molecular weight is 528 g/mol. The first-order valence-electron chi connectivity index (χ1n) is 11.5. The van der Waals surface area contributed by atoms with E-state index in [-0.39, 0.29) is 16.6 Å². The molecule has 0 saturated carbocycles. The van der Waals surface area contributed by atoms with Crippen molar-refractivity contribution in [3.8, 4) is 11.1 Å².